The van der Waals surface area contributed by atoms with Gasteiger partial charge in [0.15, 0.2) is 0 Å². The Morgan fingerprint density at radius 1 is 1.15 bits per heavy atom. The Kier molecular flexibility index (Phi) is 5.29. The zero-order valence-electron chi connectivity index (χ0n) is 15.4. The molecule has 1 N–H and O–H groups in total. The highest BCUT2D eigenvalue weighted by atomic mass is 16.6. The third-order valence-electron chi connectivity index (χ3n) is 6.36. The van der Waals surface area contributed by atoms with Crippen molar-refractivity contribution in [2.75, 3.05) is 39.3 Å². The van der Waals surface area contributed by atoms with E-state index in [4.69, 9.17) is 4.74 Å². The molecule has 1 aromatic heterocycles. The predicted molar refractivity (Wildman–Crippen MR) is 96.5 cm³/mol. The molecule has 26 heavy (non-hydrogen) atoms. The van der Waals surface area contributed by atoms with Gasteiger partial charge in [0.1, 0.15) is 6.10 Å². The summed E-state index contributed by atoms with van der Waals surface area (Å²) in [5.74, 6) is 0.0197. The smallest absolute Gasteiger partial charge is 0.312 e. The molecule has 4 rings (SSSR count). The first-order chi connectivity index (χ1) is 12.6. The van der Waals surface area contributed by atoms with Crippen molar-refractivity contribution in [2.24, 2.45) is 5.41 Å². The molecular weight excluding hydrogens is 332 g/mol. The molecular formula is C19H30N4O3. The van der Waals surface area contributed by atoms with Crippen LogP contribution in [0.3, 0.4) is 0 Å². The fourth-order valence-corrected chi connectivity index (χ4v) is 4.62. The minimum atomic E-state index is -0.262. The molecule has 1 atom stereocenters. The molecule has 3 saturated heterocycles. The van der Waals surface area contributed by atoms with Gasteiger partial charge in [-0.3, -0.25) is 14.4 Å². The van der Waals surface area contributed by atoms with E-state index >= 15 is 0 Å². The first kappa shape index (κ1) is 17.9. The number of carbonyl (C=O) groups is 1. The van der Waals surface area contributed by atoms with Crippen LogP contribution in [0.5, 0.6) is 0 Å². The molecule has 0 aromatic carbocycles. The summed E-state index contributed by atoms with van der Waals surface area (Å²) in [5, 5.41) is 13.9. The van der Waals surface area contributed by atoms with Crippen LogP contribution in [0.4, 0.5) is 0 Å². The zero-order chi connectivity index (χ0) is 18.0. The van der Waals surface area contributed by atoms with E-state index in [-0.39, 0.29) is 23.6 Å². The number of ether oxygens (including phenoxy) is 1. The van der Waals surface area contributed by atoms with Crippen LogP contribution >= 0.6 is 0 Å². The standard InChI is InChI=1S/C19H30N4O3/c24-16-2-8-22(9-3-16)15-17-14-19(18(25)26-17)4-10-21(11-5-19)12-13-23-7-1-6-20-23/h1,6-7,16-17,24H,2-5,8-15H2. The van der Waals surface area contributed by atoms with Crippen LogP contribution in [0.15, 0.2) is 18.5 Å². The van der Waals surface area contributed by atoms with E-state index in [1.165, 1.54) is 0 Å². The fourth-order valence-electron chi connectivity index (χ4n) is 4.62. The van der Waals surface area contributed by atoms with Crippen LogP contribution in [0.1, 0.15) is 32.1 Å². The number of carbonyl (C=O) groups excluding carboxylic acids is 1. The van der Waals surface area contributed by atoms with Crippen LogP contribution < -0.4 is 0 Å². The highest BCUT2D eigenvalue weighted by molar-refractivity contribution is 5.79. The van der Waals surface area contributed by atoms with Gasteiger partial charge in [0.25, 0.3) is 0 Å². The molecule has 3 fully saturated rings. The molecule has 1 unspecified atom stereocenters. The van der Waals surface area contributed by atoms with Gasteiger partial charge in [-0.15, -0.1) is 0 Å². The van der Waals surface area contributed by atoms with E-state index in [1.807, 2.05) is 23.1 Å². The quantitative estimate of drug-likeness (QED) is 0.779. The van der Waals surface area contributed by atoms with Crippen LogP contribution in [-0.4, -0.2) is 82.1 Å². The second kappa shape index (κ2) is 7.66. The number of likely N-dealkylation sites (tertiary alicyclic amines) is 2. The highest BCUT2D eigenvalue weighted by Crippen LogP contribution is 2.43. The molecule has 3 aliphatic heterocycles. The Bertz CT molecular complexity index is 590. The summed E-state index contributed by atoms with van der Waals surface area (Å²) in [7, 11) is 0. The normalized spacial score (nSPS) is 27.9. The second-order valence-electron chi connectivity index (χ2n) is 8.15. The van der Waals surface area contributed by atoms with Crippen molar-refractivity contribution in [1.29, 1.82) is 0 Å². The predicted octanol–water partition coefficient (Wildman–Crippen LogP) is 0.738. The lowest BCUT2D eigenvalue weighted by Crippen LogP contribution is -2.43. The fraction of sp³-hybridized carbons (Fsp3) is 0.789. The van der Waals surface area contributed by atoms with Crippen LogP contribution in [0.25, 0.3) is 0 Å². The van der Waals surface area contributed by atoms with Crippen molar-refractivity contribution in [3.05, 3.63) is 18.5 Å². The number of rotatable bonds is 5. The van der Waals surface area contributed by atoms with Gasteiger partial charge < -0.3 is 14.7 Å². The van der Waals surface area contributed by atoms with Crippen LogP contribution in [-0.2, 0) is 16.1 Å². The molecule has 3 aliphatic rings. The van der Waals surface area contributed by atoms with Crippen molar-refractivity contribution in [3.8, 4) is 0 Å². The zero-order valence-corrected chi connectivity index (χ0v) is 15.4. The molecule has 0 saturated carbocycles. The van der Waals surface area contributed by atoms with Gasteiger partial charge in [-0.1, -0.05) is 0 Å². The van der Waals surface area contributed by atoms with Gasteiger partial charge in [0.05, 0.1) is 18.1 Å². The Balaban J connectivity index is 1.25. The minimum Gasteiger partial charge on any atom is -0.461 e. The van der Waals surface area contributed by atoms with Gasteiger partial charge in [0.2, 0.25) is 0 Å². The van der Waals surface area contributed by atoms with Gasteiger partial charge in [-0.2, -0.15) is 5.10 Å². The number of aliphatic hydroxyl groups is 1. The maximum absolute atomic E-state index is 12.6. The van der Waals surface area contributed by atoms with Gasteiger partial charge in [0, 0.05) is 45.0 Å². The monoisotopic (exact) mass is 362 g/mol. The summed E-state index contributed by atoms with van der Waals surface area (Å²) in [6.45, 7) is 6.42. The summed E-state index contributed by atoms with van der Waals surface area (Å²) >= 11 is 0. The summed E-state index contributed by atoms with van der Waals surface area (Å²) in [5.41, 5.74) is -0.262. The maximum atomic E-state index is 12.6. The number of nitrogens with zero attached hydrogens (tertiary/aromatic N) is 4. The first-order valence-electron chi connectivity index (χ1n) is 9.94. The first-order valence-corrected chi connectivity index (χ1v) is 9.94. The minimum absolute atomic E-state index is 0.0197. The van der Waals surface area contributed by atoms with E-state index in [0.717, 1.165) is 77.9 Å². The summed E-state index contributed by atoms with van der Waals surface area (Å²) in [4.78, 5) is 17.4. The Labute approximate surface area is 154 Å². The van der Waals surface area contributed by atoms with Crippen molar-refractivity contribution in [2.45, 2.75) is 50.9 Å². The third-order valence-corrected chi connectivity index (χ3v) is 6.36. The Morgan fingerprint density at radius 3 is 2.62 bits per heavy atom. The van der Waals surface area contributed by atoms with E-state index < -0.39 is 0 Å². The van der Waals surface area contributed by atoms with Crippen molar-refractivity contribution < 1.29 is 14.6 Å². The van der Waals surface area contributed by atoms with Crippen LogP contribution in [0.2, 0.25) is 0 Å². The van der Waals surface area contributed by atoms with Gasteiger partial charge in [-0.25, -0.2) is 0 Å². The number of cyclic esters (lactones) is 1. The van der Waals surface area contributed by atoms with E-state index in [0.29, 0.717) is 0 Å². The number of piperidine rings is 2. The van der Waals surface area contributed by atoms with Crippen molar-refractivity contribution in [3.63, 3.8) is 0 Å². The Morgan fingerprint density at radius 2 is 1.92 bits per heavy atom. The van der Waals surface area contributed by atoms with Crippen molar-refractivity contribution >= 4 is 5.97 Å². The molecule has 0 amide bonds. The lowest BCUT2D eigenvalue weighted by atomic mass is 9.76. The largest absolute Gasteiger partial charge is 0.461 e. The molecule has 0 bridgehead atoms. The molecule has 7 nitrogen and oxygen atoms in total. The average molecular weight is 362 g/mol. The summed E-state index contributed by atoms with van der Waals surface area (Å²) < 4.78 is 7.72. The Hall–Kier alpha value is -1.44. The average Bonchev–Trinajstić information content (AvgIpc) is 3.26. The molecule has 1 aromatic rings. The number of esters is 1. The van der Waals surface area contributed by atoms with Gasteiger partial charge >= 0.3 is 5.97 Å². The molecule has 1 spiro atoms. The van der Waals surface area contributed by atoms with E-state index in [2.05, 4.69) is 14.9 Å². The van der Waals surface area contributed by atoms with Crippen LogP contribution in [0, 0.1) is 5.41 Å². The van der Waals surface area contributed by atoms with Gasteiger partial charge in [-0.05, 0) is 44.8 Å². The molecule has 4 heterocycles. The topological polar surface area (TPSA) is 70.8 Å². The molecule has 7 heteroatoms. The molecule has 144 valence electrons. The number of aromatic nitrogens is 2. The lowest BCUT2D eigenvalue weighted by Gasteiger charge is -2.36. The second-order valence-corrected chi connectivity index (χ2v) is 8.15. The number of hydrogen-bond donors (Lipinski definition) is 1. The lowest BCUT2D eigenvalue weighted by molar-refractivity contribution is -0.151. The number of hydrogen-bond acceptors (Lipinski definition) is 6. The highest BCUT2D eigenvalue weighted by Gasteiger charge is 2.50. The van der Waals surface area contributed by atoms with E-state index in [1.54, 1.807) is 0 Å². The SMILES string of the molecule is O=C1OC(CN2CCC(O)CC2)CC12CCN(CCn1cccn1)CC2. The maximum Gasteiger partial charge on any atom is 0.312 e. The van der Waals surface area contributed by atoms with Crippen molar-refractivity contribution in [1.82, 2.24) is 19.6 Å². The molecule has 0 radical (unpaired) electrons. The number of aliphatic hydroxyl groups excluding tert-OH is 1. The molecule has 0 aliphatic carbocycles. The third kappa shape index (κ3) is 3.94. The summed E-state index contributed by atoms with van der Waals surface area (Å²) in [6.07, 6.45) is 7.99. The summed E-state index contributed by atoms with van der Waals surface area (Å²) in [6, 6.07) is 1.95. The van der Waals surface area contributed by atoms with E-state index in [9.17, 15) is 9.90 Å².